The fraction of sp³-hybridized carbons (Fsp3) is 0.292. The Bertz CT molecular complexity index is 1170. The van der Waals surface area contributed by atoms with E-state index in [9.17, 15) is 13.2 Å². The summed E-state index contributed by atoms with van der Waals surface area (Å²) in [4.78, 5) is 15.4. The number of furan rings is 1. The summed E-state index contributed by atoms with van der Waals surface area (Å²) >= 11 is 0. The van der Waals surface area contributed by atoms with Gasteiger partial charge in [-0.15, -0.1) is 0 Å². The van der Waals surface area contributed by atoms with Crippen molar-refractivity contribution in [3.05, 3.63) is 84.3 Å². The molecular weight excluding hydrogens is 442 g/mol. The Morgan fingerprint density at radius 2 is 1.91 bits per heavy atom. The van der Waals surface area contributed by atoms with Gasteiger partial charge in [-0.25, -0.2) is 8.42 Å². The van der Waals surface area contributed by atoms with Crippen molar-refractivity contribution in [1.29, 1.82) is 0 Å². The molecule has 1 amide bonds. The van der Waals surface area contributed by atoms with Gasteiger partial charge in [0, 0.05) is 32.2 Å². The minimum atomic E-state index is -3.91. The molecule has 4 rings (SSSR count). The Labute approximate surface area is 193 Å². The largest absolute Gasteiger partial charge is 0.497 e. The molecule has 1 unspecified atom stereocenters. The number of hydrogen-bond donors (Lipinski definition) is 1. The third kappa shape index (κ3) is 5.44. The first-order valence-electron chi connectivity index (χ1n) is 10.7. The van der Waals surface area contributed by atoms with Gasteiger partial charge in [-0.05, 0) is 29.8 Å². The molecule has 0 bridgehead atoms. The first-order chi connectivity index (χ1) is 16.0. The summed E-state index contributed by atoms with van der Waals surface area (Å²) in [6.45, 7) is 1.74. The number of nitrogens with one attached hydrogen (secondary N) is 1. The van der Waals surface area contributed by atoms with Crippen molar-refractivity contribution < 1.29 is 22.4 Å². The lowest BCUT2D eigenvalue weighted by atomic mass is 10.1. The standard InChI is InChI=1S/C24H27N3O5S/c1-31-20-9-5-11-22(15-20)33(29,30)27-13-12-26(17-21-10-6-14-32-21)18-23(27)24(28)25-16-19-7-3-2-4-8-19/h2-11,14-15,23H,12-13,16-18H2,1H3,(H,25,28). The van der Waals surface area contributed by atoms with Crippen LogP contribution < -0.4 is 10.1 Å². The summed E-state index contributed by atoms with van der Waals surface area (Å²) in [6, 6.07) is 18.6. The Kier molecular flexibility index (Phi) is 7.12. The highest BCUT2D eigenvalue weighted by atomic mass is 32.2. The van der Waals surface area contributed by atoms with Crippen molar-refractivity contribution in [2.24, 2.45) is 0 Å². The molecule has 1 aliphatic heterocycles. The topological polar surface area (TPSA) is 92.1 Å². The minimum Gasteiger partial charge on any atom is -0.497 e. The molecule has 2 aromatic carbocycles. The van der Waals surface area contributed by atoms with Crippen LogP contribution in [-0.2, 0) is 27.9 Å². The number of benzene rings is 2. The molecule has 0 aliphatic carbocycles. The molecule has 1 atom stereocenters. The monoisotopic (exact) mass is 469 g/mol. The molecule has 1 fully saturated rings. The highest BCUT2D eigenvalue weighted by Crippen LogP contribution is 2.25. The van der Waals surface area contributed by atoms with E-state index < -0.39 is 16.1 Å². The smallest absolute Gasteiger partial charge is 0.244 e. The molecule has 0 radical (unpaired) electrons. The van der Waals surface area contributed by atoms with Crippen LogP contribution in [0.5, 0.6) is 5.75 Å². The molecule has 33 heavy (non-hydrogen) atoms. The molecule has 1 aromatic heterocycles. The van der Waals surface area contributed by atoms with Crippen molar-refractivity contribution in [3.8, 4) is 5.75 Å². The van der Waals surface area contributed by atoms with Crippen LogP contribution in [0.4, 0.5) is 0 Å². The summed E-state index contributed by atoms with van der Waals surface area (Å²) in [5.74, 6) is 0.870. The maximum Gasteiger partial charge on any atom is 0.244 e. The minimum absolute atomic E-state index is 0.0993. The number of methoxy groups -OCH3 is 1. The lowest BCUT2D eigenvalue weighted by Gasteiger charge is -2.39. The van der Waals surface area contributed by atoms with Crippen LogP contribution in [0.15, 0.2) is 82.3 Å². The third-order valence-corrected chi connectivity index (χ3v) is 7.54. The normalized spacial score (nSPS) is 17.5. The highest BCUT2D eigenvalue weighted by Gasteiger charge is 2.40. The van der Waals surface area contributed by atoms with Crippen molar-refractivity contribution >= 4 is 15.9 Å². The Balaban J connectivity index is 1.57. The van der Waals surface area contributed by atoms with Crippen LogP contribution in [0.3, 0.4) is 0 Å². The Morgan fingerprint density at radius 3 is 2.64 bits per heavy atom. The van der Waals surface area contributed by atoms with Crippen LogP contribution in [0.1, 0.15) is 11.3 Å². The fourth-order valence-electron chi connectivity index (χ4n) is 3.89. The van der Waals surface area contributed by atoms with Gasteiger partial charge in [-0.2, -0.15) is 4.31 Å². The maximum absolute atomic E-state index is 13.5. The van der Waals surface area contributed by atoms with Gasteiger partial charge in [-0.3, -0.25) is 9.69 Å². The van der Waals surface area contributed by atoms with E-state index in [1.54, 1.807) is 18.4 Å². The van der Waals surface area contributed by atoms with E-state index in [2.05, 4.69) is 5.32 Å². The van der Waals surface area contributed by atoms with Crippen LogP contribution in [0.25, 0.3) is 0 Å². The molecule has 9 heteroatoms. The first kappa shape index (κ1) is 23.0. The second-order valence-electron chi connectivity index (χ2n) is 7.83. The number of rotatable bonds is 8. The summed E-state index contributed by atoms with van der Waals surface area (Å²) in [5.41, 5.74) is 0.941. The molecule has 3 aromatic rings. The molecule has 1 saturated heterocycles. The maximum atomic E-state index is 13.5. The van der Waals surface area contributed by atoms with Crippen molar-refractivity contribution in [2.45, 2.75) is 24.0 Å². The number of carbonyl (C=O) groups is 1. The third-order valence-electron chi connectivity index (χ3n) is 5.63. The van der Waals surface area contributed by atoms with E-state index in [1.807, 2.05) is 47.4 Å². The Morgan fingerprint density at radius 1 is 1.09 bits per heavy atom. The predicted octanol–water partition coefficient (Wildman–Crippen LogP) is 2.48. The van der Waals surface area contributed by atoms with Crippen LogP contribution >= 0.6 is 0 Å². The van der Waals surface area contributed by atoms with E-state index >= 15 is 0 Å². The van der Waals surface area contributed by atoms with Gasteiger partial charge in [0.1, 0.15) is 17.6 Å². The number of amides is 1. The zero-order valence-corrected chi connectivity index (χ0v) is 19.2. The quantitative estimate of drug-likeness (QED) is 0.545. The van der Waals surface area contributed by atoms with Gasteiger partial charge in [0.2, 0.25) is 15.9 Å². The van der Waals surface area contributed by atoms with Gasteiger partial charge >= 0.3 is 0 Å². The molecule has 0 spiro atoms. The van der Waals surface area contributed by atoms with Crippen LogP contribution in [-0.4, -0.2) is 56.3 Å². The van der Waals surface area contributed by atoms with Crippen molar-refractivity contribution in [3.63, 3.8) is 0 Å². The summed E-state index contributed by atoms with van der Waals surface area (Å²) in [6.07, 6.45) is 1.60. The van der Waals surface area contributed by atoms with Crippen molar-refractivity contribution in [2.75, 3.05) is 26.7 Å². The van der Waals surface area contributed by atoms with Gasteiger partial charge in [-0.1, -0.05) is 36.4 Å². The zero-order chi connectivity index (χ0) is 23.3. The second kappa shape index (κ2) is 10.2. The van der Waals surface area contributed by atoms with E-state index in [0.29, 0.717) is 25.4 Å². The van der Waals surface area contributed by atoms with Gasteiger partial charge < -0.3 is 14.5 Å². The van der Waals surface area contributed by atoms with E-state index in [1.165, 1.54) is 23.5 Å². The number of hydrogen-bond acceptors (Lipinski definition) is 6. The molecule has 1 aliphatic rings. The van der Waals surface area contributed by atoms with E-state index in [-0.39, 0.29) is 23.9 Å². The predicted molar refractivity (Wildman–Crippen MR) is 123 cm³/mol. The van der Waals surface area contributed by atoms with E-state index in [4.69, 9.17) is 9.15 Å². The molecule has 174 valence electrons. The lowest BCUT2D eigenvalue weighted by Crippen LogP contribution is -2.60. The highest BCUT2D eigenvalue weighted by molar-refractivity contribution is 7.89. The molecule has 2 heterocycles. The summed E-state index contributed by atoms with van der Waals surface area (Å²) < 4.78 is 39.0. The van der Waals surface area contributed by atoms with Crippen molar-refractivity contribution in [1.82, 2.24) is 14.5 Å². The van der Waals surface area contributed by atoms with Gasteiger partial charge in [0.05, 0.1) is 24.8 Å². The molecular formula is C24H27N3O5S. The number of carbonyl (C=O) groups excluding carboxylic acids is 1. The second-order valence-corrected chi connectivity index (χ2v) is 9.72. The average molecular weight is 470 g/mol. The average Bonchev–Trinajstić information content (AvgIpc) is 3.36. The van der Waals surface area contributed by atoms with Gasteiger partial charge in [0.15, 0.2) is 0 Å². The number of nitrogens with zero attached hydrogens (tertiary/aromatic N) is 2. The summed E-state index contributed by atoms with van der Waals surface area (Å²) in [5, 5.41) is 2.90. The van der Waals surface area contributed by atoms with Gasteiger partial charge in [0.25, 0.3) is 0 Å². The summed E-state index contributed by atoms with van der Waals surface area (Å²) in [7, 11) is -2.43. The number of ether oxygens (including phenoxy) is 1. The first-order valence-corrected chi connectivity index (χ1v) is 12.1. The molecule has 0 saturated carbocycles. The van der Waals surface area contributed by atoms with Crippen LogP contribution in [0, 0.1) is 0 Å². The zero-order valence-electron chi connectivity index (χ0n) is 18.4. The molecule has 1 N–H and O–H groups in total. The fourth-order valence-corrected chi connectivity index (χ4v) is 5.50. The van der Waals surface area contributed by atoms with E-state index in [0.717, 1.165) is 11.3 Å². The number of piperazine rings is 1. The Hall–Kier alpha value is -3.14. The number of sulfonamides is 1. The van der Waals surface area contributed by atoms with Crippen LogP contribution in [0.2, 0.25) is 0 Å². The SMILES string of the molecule is COc1cccc(S(=O)(=O)N2CCN(Cc3ccco3)CC2C(=O)NCc2ccccc2)c1. The molecule has 8 nitrogen and oxygen atoms in total. The lowest BCUT2D eigenvalue weighted by molar-refractivity contribution is -0.126.